The molecule has 1 saturated heterocycles. The van der Waals surface area contributed by atoms with Crippen LogP contribution in [0, 0.1) is 5.92 Å². The van der Waals surface area contributed by atoms with Crippen molar-refractivity contribution >= 4 is 27.8 Å². The van der Waals surface area contributed by atoms with Gasteiger partial charge in [0.1, 0.15) is 5.75 Å². The first-order valence-electron chi connectivity index (χ1n) is 11.8. The fourth-order valence-electron chi connectivity index (χ4n) is 3.67. The summed E-state index contributed by atoms with van der Waals surface area (Å²) in [5.41, 5.74) is 1.98. The van der Waals surface area contributed by atoms with E-state index in [4.69, 9.17) is 19.2 Å². The molecule has 2 aromatic carbocycles. The lowest BCUT2D eigenvalue weighted by Gasteiger charge is -2.30. The molecule has 0 spiro atoms. The van der Waals surface area contributed by atoms with Crippen LogP contribution >= 0.6 is 0 Å². The fraction of sp³-hybridized carbons (Fsp3) is 0.400. The minimum atomic E-state index is -5.08. The second-order valence-corrected chi connectivity index (χ2v) is 11.2. The summed E-state index contributed by atoms with van der Waals surface area (Å²) in [4.78, 5) is 17.6. The van der Waals surface area contributed by atoms with Gasteiger partial charge in [0.25, 0.3) is 5.95 Å². The zero-order valence-corrected chi connectivity index (χ0v) is 22.4. The lowest BCUT2D eigenvalue weighted by molar-refractivity contribution is -0.192. The molecule has 39 heavy (non-hydrogen) atoms. The summed E-state index contributed by atoms with van der Waals surface area (Å²) in [6.45, 7) is 2.43. The number of piperidine rings is 1. The van der Waals surface area contributed by atoms with Crippen LogP contribution in [0.4, 0.5) is 25.1 Å². The Hall–Kier alpha value is -3.81. The van der Waals surface area contributed by atoms with E-state index in [9.17, 15) is 21.6 Å². The molecule has 1 fully saturated rings. The van der Waals surface area contributed by atoms with E-state index in [1.54, 1.807) is 17.0 Å². The summed E-state index contributed by atoms with van der Waals surface area (Å²) >= 11 is 0. The van der Waals surface area contributed by atoms with Gasteiger partial charge in [-0.25, -0.2) is 13.2 Å². The minimum absolute atomic E-state index is 0.324. The van der Waals surface area contributed by atoms with Gasteiger partial charge in [0.05, 0.1) is 11.5 Å². The molecule has 0 amide bonds. The number of anilines is 2. The molecule has 2 heterocycles. The third kappa shape index (κ3) is 8.60. The van der Waals surface area contributed by atoms with Gasteiger partial charge in [-0.2, -0.15) is 18.2 Å². The van der Waals surface area contributed by atoms with Crippen LogP contribution < -0.4 is 14.5 Å². The Labute approximate surface area is 223 Å². The smallest absolute Gasteiger partial charge is 0.490 e. The van der Waals surface area contributed by atoms with Crippen LogP contribution in [-0.4, -0.2) is 75.9 Å². The molecule has 0 bridgehead atoms. The fourth-order valence-corrected chi connectivity index (χ4v) is 4.30. The van der Waals surface area contributed by atoms with Crippen molar-refractivity contribution < 1.29 is 40.8 Å². The van der Waals surface area contributed by atoms with Crippen molar-refractivity contribution in [3.05, 3.63) is 48.5 Å². The largest absolute Gasteiger partial charge is 0.493 e. The van der Waals surface area contributed by atoms with Gasteiger partial charge >= 0.3 is 18.2 Å². The molecule has 0 unspecified atom stereocenters. The third-order valence-corrected chi connectivity index (χ3v) is 7.01. The Morgan fingerprint density at radius 1 is 1.08 bits per heavy atom. The second kappa shape index (κ2) is 12.4. The van der Waals surface area contributed by atoms with Crippen molar-refractivity contribution in [2.75, 3.05) is 49.8 Å². The molecule has 10 nitrogen and oxygen atoms in total. The van der Waals surface area contributed by atoms with Crippen molar-refractivity contribution in [3.8, 4) is 16.9 Å². The van der Waals surface area contributed by atoms with E-state index in [2.05, 4.69) is 15.0 Å². The zero-order chi connectivity index (χ0) is 28.8. The van der Waals surface area contributed by atoms with E-state index >= 15 is 0 Å². The molecule has 1 N–H and O–H groups in total. The van der Waals surface area contributed by atoms with E-state index in [1.807, 2.05) is 50.5 Å². The number of aliphatic carboxylic acids is 1. The molecule has 0 saturated carbocycles. The number of nitrogens with zero attached hydrogens (tertiary/aromatic N) is 4. The summed E-state index contributed by atoms with van der Waals surface area (Å²) in [7, 11) is 0.569. The number of carboxylic acids is 1. The lowest BCUT2D eigenvalue weighted by atomic mass is 9.98. The van der Waals surface area contributed by atoms with Crippen molar-refractivity contribution in [2.24, 2.45) is 5.92 Å². The zero-order valence-electron chi connectivity index (χ0n) is 21.6. The highest BCUT2D eigenvalue weighted by atomic mass is 32.2. The number of carbonyl (C=O) groups is 1. The second-order valence-electron chi connectivity index (χ2n) is 9.14. The molecule has 1 aromatic heterocycles. The average molecular weight is 571 g/mol. The molecule has 1 aliphatic rings. The summed E-state index contributed by atoms with van der Waals surface area (Å²) in [6.07, 6.45) is -1.85. The van der Waals surface area contributed by atoms with Crippen LogP contribution in [0.15, 0.2) is 57.9 Å². The summed E-state index contributed by atoms with van der Waals surface area (Å²) in [6, 6.07) is 15.3. The summed E-state index contributed by atoms with van der Waals surface area (Å²) in [5.74, 6) is -0.798. The number of alkyl halides is 3. The monoisotopic (exact) mass is 570 g/mol. The number of rotatable bonds is 7. The van der Waals surface area contributed by atoms with Gasteiger partial charge in [-0.15, -0.1) is 0 Å². The number of halogens is 3. The third-order valence-electron chi connectivity index (χ3n) is 5.88. The van der Waals surface area contributed by atoms with Crippen LogP contribution in [0.5, 0.6) is 5.75 Å². The first-order valence-corrected chi connectivity index (χ1v) is 13.7. The molecular weight excluding hydrogens is 541 g/mol. The van der Waals surface area contributed by atoms with Gasteiger partial charge in [0, 0.05) is 33.4 Å². The predicted octanol–water partition coefficient (Wildman–Crippen LogP) is 4.13. The first-order chi connectivity index (χ1) is 18.2. The number of hydrogen-bond acceptors (Lipinski definition) is 9. The topological polar surface area (TPSA) is 126 Å². The Kier molecular flexibility index (Phi) is 9.43. The van der Waals surface area contributed by atoms with E-state index in [-0.39, 0.29) is 0 Å². The van der Waals surface area contributed by atoms with Gasteiger partial charge in [-0.1, -0.05) is 24.3 Å². The molecule has 4 rings (SSSR count). The standard InChI is InChI=1S/C23H28N4O4S.C2HF3O2/c1-26(2)23-24-22(25-31-23)27-14-12-17(13-15-27)16-30-20-8-4-18(5-9-20)19-6-10-21(11-7-19)32(3,28)29;3-2(4,5)1(6)7/h4-11,17H,12-16H2,1-3H3;(H,6,7). The highest BCUT2D eigenvalue weighted by molar-refractivity contribution is 7.90. The number of sulfone groups is 1. The van der Waals surface area contributed by atoms with E-state index in [0.29, 0.717) is 29.4 Å². The van der Waals surface area contributed by atoms with Crippen LogP contribution in [0.2, 0.25) is 0 Å². The molecule has 3 aromatic rings. The molecule has 212 valence electrons. The summed E-state index contributed by atoms with van der Waals surface area (Å²) < 4.78 is 66.2. The molecule has 1 aliphatic heterocycles. The normalized spacial score (nSPS) is 14.4. The maximum atomic E-state index is 11.6. The van der Waals surface area contributed by atoms with Crippen molar-refractivity contribution in [2.45, 2.75) is 23.9 Å². The average Bonchev–Trinajstić information content (AvgIpc) is 3.38. The minimum Gasteiger partial charge on any atom is -0.493 e. The summed E-state index contributed by atoms with van der Waals surface area (Å²) in [5, 5.41) is 11.2. The SMILES string of the molecule is CN(C)c1nc(N2CCC(COc3ccc(-c4ccc(S(C)(=O)=O)cc4)cc3)CC2)no1.O=C(O)C(F)(F)F. The highest BCUT2D eigenvalue weighted by Gasteiger charge is 2.38. The molecular formula is C25H29F3N4O6S. The highest BCUT2D eigenvalue weighted by Crippen LogP contribution is 2.26. The van der Waals surface area contributed by atoms with E-state index in [0.717, 1.165) is 42.8 Å². The van der Waals surface area contributed by atoms with Crippen LogP contribution in [0.3, 0.4) is 0 Å². The number of hydrogen-bond donors (Lipinski definition) is 1. The van der Waals surface area contributed by atoms with Crippen LogP contribution in [0.25, 0.3) is 11.1 Å². The quantitative estimate of drug-likeness (QED) is 0.443. The van der Waals surface area contributed by atoms with Gasteiger partial charge in [0.2, 0.25) is 0 Å². The van der Waals surface area contributed by atoms with Gasteiger partial charge in [-0.3, -0.25) is 0 Å². The molecule has 0 aliphatic carbocycles. The number of aromatic nitrogens is 2. The first kappa shape index (κ1) is 29.7. The maximum absolute atomic E-state index is 11.6. The predicted molar refractivity (Wildman–Crippen MR) is 138 cm³/mol. The van der Waals surface area contributed by atoms with E-state index in [1.165, 1.54) is 6.26 Å². The Balaban J connectivity index is 0.000000532. The van der Waals surface area contributed by atoms with Crippen LogP contribution in [-0.2, 0) is 14.6 Å². The maximum Gasteiger partial charge on any atom is 0.490 e. The van der Waals surface area contributed by atoms with Crippen molar-refractivity contribution in [1.29, 1.82) is 0 Å². The Morgan fingerprint density at radius 3 is 2.03 bits per heavy atom. The van der Waals surface area contributed by atoms with Gasteiger partial charge in [-0.05, 0) is 59.3 Å². The molecule has 0 radical (unpaired) electrons. The number of carboxylic acid groups (broad SMARTS) is 1. The van der Waals surface area contributed by atoms with Crippen molar-refractivity contribution in [1.82, 2.24) is 10.1 Å². The van der Waals surface area contributed by atoms with Gasteiger partial charge in [0.15, 0.2) is 9.84 Å². The lowest BCUT2D eigenvalue weighted by Crippen LogP contribution is -2.36. The number of ether oxygens (including phenoxy) is 1. The van der Waals surface area contributed by atoms with Crippen molar-refractivity contribution in [3.63, 3.8) is 0 Å². The number of benzene rings is 2. The van der Waals surface area contributed by atoms with Crippen LogP contribution in [0.1, 0.15) is 12.8 Å². The van der Waals surface area contributed by atoms with Gasteiger partial charge < -0.3 is 24.2 Å². The molecule has 0 atom stereocenters. The molecule has 14 heteroatoms. The Morgan fingerprint density at radius 2 is 1.59 bits per heavy atom. The van der Waals surface area contributed by atoms with E-state index < -0.39 is 22.0 Å². The Bertz CT molecular complexity index is 1340.